The van der Waals surface area contributed by atoms with Crippen molar-refractivity contribution in [3.05, 3.63) is 53.2 Å². The lowest BCUT2D eigenvalue weighted by atomic mass is 9.85. The van der Waals surface area contributed by atoms with Crippen molar-refractivity contribution in [2.24, 2.45) is 0 Å². The second-order valence-corrected chi connectivity index (χ2v) is 5.40. The van der Waals surface area contributed by atoms with Crippen molar-refractivity contribution < 1.29 is 9.90 Å². The average Bonchev–Trinajstić information content (AvgIpc) is 2.41. The highest BCUT2D eigenvalue weighted by atomic mass is 35.5. The van der Waals surface area contributed by atoms with Crippen molar-refractivity contribution in [2.45, 2.75) is 19.3 Å². The summed E-state index contributed by atoms with van der Waals surface area (Å²) in [4.78, 5) is 15.6. The van der Waals surface area contributed by atoms with E-state index >= 15 is 0 Å². The largest absolute Gasteiger partial charge is 0.481 e. The molecule has 0 aliphatic rings. The summed E-state index contributed by atoms with van der Waals surface area (Å²) in [6.45, 7) is 3.30. The summed E-state index contributed by atoms with van der Waals surface area (Å²) in [7, 11) is 0. The van der Waals surface area contributed by atoms with Gasteiger partial charge in [-0.3, -0.25) is 4.79 Å². The Balaban J connectivity index is 2.38. The summed E-state index contributed by atoms with van der Waals surface area (Å²) in [5, 5.41) is 13.1. The number of carboxylic acid groups (broad SMARTS) is 1. The van der Waals surface area contributed by atoms with Gasteiger partial charge in [0.15, 0.2) is 0 Å². The predicted octanol–water partition coefficient (Wildman–Crippen LogP) is 3.84. The fourth-order valence-electron chi connectivity index (χ4n) is 1.79. The molecule has 0 aliphatic carbocycles. The van der Waals surface area contributed by atoms with Crippen LogP contribution in [0.15, 0.2) is 42.6 Å². The summed E-state index contributed by atoms with van der Waals surface area (Å²) in [6.07, 6.45) is 1.62. The third-order valence-corrected chi connectivity index (χ3v) is 3.37. The van der Waals surface area contributed by atoms with Crippen LogP contribution in [0.3, 0.4) is 0 Å². The molecule has 0 spiro atoms. The van der Waals surface area contributed by atoms with E-state index in [-0.39, 0.29) is 0 Å². The van der Waals surface area contributed by atoms with E-state index in [0.29, 0.717) is 16.4 Å². The van der Waals surface area contributed by atoms with Gasteiger partial charge in [-0.25, -0.2) is 4.98 Å². The molecule has 0 saturated heterocycles. The van der Waals surface area contributed by atoms with E-state index in [4.69, 9.17) is 11.6 Å². The highest BCUT2D eigenvalue weighted by molar-refractivity contribution is 6.30. The van der Waals surface area contributed by atoms with Gasteiger partial charge in [0.1, 0.15) is 5.82 Å². The number of pyridine rings is 1. The number of hydrogen-bond acceptors (Lipinski definition) is 3. The van der Waals surface area contributed by atoms with Crippen LogP contribution in [0.2, 0.25) is 5.02 Å². The fourth-order valence-corrected chi connectivity index (χ4v) is 1.92. The summed E-state index contributed by atoms with van der Waals surface area (Å²) in [5.41, 5.74) is 0.404. The molecule has 1 heterocycles. The zero-order valence-corrected chi connectivity index (χ0v) is 12.0. The Morgan fingerprint density at radius 2 is 1.90 bits per heavy atom. The number of anilines is 2. The molecule has 5 heteroatoms. The quantitative estimate of drug-likeness (QED) is 0.898. The molecule has 1 aromatic heterocycles. The number of aliphatic carboxylic acids is 1. The Morgan fingerprint density at radius 3 is 2.50 bits per heavy atom. The summed E-state index contributed by atoms with van der Waals surface area (Å²) >= 11 is 5.84. The van der Waals surface area contributed by atoms with E-state index in [2.05, 4.69) is 10.3 Å². The maximum absolute atomic E-state index is 11.4. The number of carboxylic acids is 1. The monoisotopic (exact) mass is 290 g/mol. The van der Waals surface area contributed by atoms with E-state index in [0.717, 1.165) is 5.69 Å². The van der Waals surface area contributed by atoms with Crippen molar-refractivity contribution in [1.82, 2.24) is 4.98 Å². The predicted molar refractivity (Wildman–Crippen MR) is 79.6 cm³/mol. The van der Waals surface area contributed by atoms with Gasteiger partial charge in [0.2, 0.25) is 0 Å². The third kappa shape index (κ3) is 2.91. The molecule has 0 radical (unpaired) electrons. The number of aromatic nitrogens is 1. The van der Waals surface area contributed by atoms with Crippen molar-refractivity contribution in [3.8, 4) is 0 Å². The Labute approximate surface area is 122 Å². The van der Waals surface area contributed by atoms with E-state index < -0.39 is 11.4 Å². The van der Waals surface area contributed by atoms with E-state index in [1.165, 1.54) is 0 Å². The first-order valence-corrected chi connectivity index (χ1v) is 6.50. The number of hydrogen-bond donors (Lipinski definition) is 2. The number of nitrogens with one attached hydrogen (secondary N) is 1. The van der Waals surface area contributed by atoms with Crippen LogP contribution in [0, 0.1) is 0 Å². The lowest BCUT2D eigenvalue weighted by Gasteiger charge is -2.22. The molecule has 4 nitrogen and oxygen atoms in total. The van der Waals surface area contributed by atoms with Gasteiger partial charge in [0, 0.05) is 22.5 Å². The fraction of sp³-hybridized carbons (Fsp3) is 0.200. The van der Waals surface area contributed by atoms with Gasteiger partial charge in [0.05, 0.1) is 5.41 Å². The van der Waals surface area contributed by atoms with E-state index in [1.807, 2.05) is 12.1 Å². The van der Waals surface area contributed by atoms with Crippen LogP contribution in [0.4, 0.5) is 11.5 Å². The standard InChI is InChI=1S/C15H15ClN2O2/c1-15(2,14(19)20)12-4-3-9-17-13(12)18-11-7-5-10(16)6-8-11/h3-9H,1-2H3,(H,17,18)(H,19,20). The number of carbonyl (C=O) groups is 1. The first-order valence-electron chi connectivity index (χ1n) is 6.13. The second kappa shape index (κ2) is 5.51. The van der Waals surface area contributed by atoms with Crippen LogP contribution in [0.25, 0.3) is 0 Å². The van der Waals surface area contributed by atoms with E-state index in [1.54, 1.807) is 44.3 Å². The topological polar surface area (TPSA) is 62.2 Å². The van der Waals surface area contributed by atoms with Gasteiger partial charge in [-0.15, -0.1) is 0 Å². The number of benzene rings is 1. The van der Waals surface area contributed by atoms with Crippen LogP contribution in [0.1, 0.15) is 19.4 Å². The zero-order chi connectivity index (χ0) is 14.8. The summed E-state index contributed by atoms with van der Waals surface area (Å²) in [6, 6.07) is 10.6. The number of rotatable bonds is 4. The third-order valence-electron chi connectivity index (χ3n) is 3.12. The molecule has 0 fully saturated rings. The lowest BCUT2D eigenvalue weighted by Crippen LogP contribution is -2.29. The number of halogens is 1. The van der Waals surface area contributed by atoms with Crippen LogP contribution in [0.5, 0.6) is 0 Å². The average molecular weight is 291 g/mol. The molecule has 104 valence electrons. The molecule has 2 aromatic rings. The molecule has 2 rings (SSSR count). The maximum atomic E-state index is 11.4. The van der Waals surface area contributed by atoms with Gasteiger partial charge < -0.3 is 10.4 Å². The molecular formula is C15H15ClN2O2. The summed E-state index contributed by atoms with van der Waals surface area (Å²) < 4.78 is 0. The van der Waals surface area contributed by atoms with Crippen LogP contribution in [-0.2, 0) is 10.2 Å². The first kappa shape index (κ1) is 14.3. The maximum Gasteiger partial charge on any atom is 0.313 e. The van der Waals surface area contributed by atoms with Gasteiger partial charge in [0.25, 0.3) is 0 Å². The molecule has 0 atom stereocenters. The van der Waals surface area contributed by atoms with Gasteiger partial charge in [-0.2, -0.15) is 0 Å². The van der Waals surface area contributed by atoms with Crippen LogP contribution >= 0.6 is 11.6 Å². The Bertz CT molecular complexity index is 624. The Kier molecular flexibility index (Phi) is 3.95. The molecular weight excluding hydrogens is 276 g/mol. The minimum Gasteiger partial charge on any atom is -0.481 e. The van der Waals surface area contributed by atoms with Crippen LogP contribution < -0.4 is 5.32 Å². The Morgan fingerprint density at radius 1 is 1.25 bits per heavy atom. The first-order chi connectivity index (χ1) is 9.41. The molecule has 0 saturated carbocycles. The zero-order valence-electron chi connectivity index (χ0n) is 11.2. The van der Waals surface area contributed by atoms with Crippen molar-refractivity contribution in [3.63, 3.8) is 0 Å². The molecule has 0 bridgehead atoms. The number of nitrogens with zero attached hydrogens (tertiary/aromatic N) is 1. The van der Waals surface area contributed by atoms with Crippen LogP contribution in [-0.4, -0.2) is 16.1 Å². The SMILES string of the molecule is CC(C)(C(=O)O)c1cccnc1Nc1ccc(Cl)cc1. The minimum atomic E-state index is -1.02. The van der Waals surface area contributed by atoms with Gasteiger partial charge in [-0.1, -0.05) is 17.7 Å². The van der Waals surface area contributed by atoms with Crippen molar-refractivity contribution in [1.29, 1.82) is 0 Å². The lowest BCUT2D eigenvalue weighted by molar-refractivity contribution is -0.142. The van der Waals surface area contributed by atoms with Crippen molar-refractivity contribution >= 4 is 29.1 Å². The molecule has 0 amide bonds. The highest BCUT2D eigenvalue weighted by Crippen LogP contribution is 2.30. The Hall–Kier alpha value is -2.07. The molecule has 1 aromatic carbocycles. The normalized spacial score (nSPS) is 11.2. The summed E-state index contributed by atoms with van der Waals surface area (Å²) in [5.74, 6) is -0.369. The second-order valence-electron chi connectivity index (χ2n) is 4.96. The molecule has 20 heavy (non-hydrogen) atoms. The van der Waals surface area contributed by atoms with Gasteiger partial charge >= 0.3 is 5.97 Å². The molecule has 0 aliphatic heterocycles. The highest BCUT2D eigenvalue weighted by Gasteiger charge is 2.32. The minimum absolute atomic E-state index is 0.530. The molecule has 0 unspecified atom stereocenters. The van der Waals surface area contributed by atoms with Gasteiger partial charge in [-0.05, 0) is 44.2 Å². The molecule has 2 N–H and O–H groups in total. The smallest absolute Gasteiger partial charge is 0.313 e. The van der Waals surface area contributed by atoms with Crippen molar-refractivity contribution in [2.75, 3.05) is 5.32 Å². The van der Waals surface area contributed by atoms with E-state index in [9.17, 15) is 9.90 Å².